The number of nitrogens with one attached hydrogen (secondary N) is 1. The number of hydrogen-bond donors (Lipinski definition) is 1. The van der Waals surface area contributed by atoms with Gasteiger partial charge in [0.05, 0.1) is 39.9 Å². The SMILES string of the molecule is CCOC(=O)c1c(CC(C)C)csc1NC(=O)COC(=O)Cc1cc(OC)c(OC)c(OC)c1. The Hall–Kier alpha value is -3.27. The number of rotatable bonds is 12. The van der Waals surface area contributed by atoms with Crippen LogP contribution in [0.1, 0.15) is 42.3 Å². The molecule has 0 spiro atoms. The van der Waals surface area contributed by atoms with Gasteiger partial charge in [-0.2, -0.15) is 0 Å². The standard InChI is InChI=1S/C24H31NO8S/c1-7-32-24(28)21-16(8-14(2)3)13-34-23(21)25-19(26)12-33-20(27)11-15-9-17(29-4)22(31-6)18(10-15)30-5/h9-10,13-14H,7-8,11-12H2,1-6H3,(H,25,26). The molecule has 10 heteroatoms. The smallest absolute Gasteiger partial charge is 0.341 e. The van der Waals surface area contributed by atoms with Crippen LogP contribution in [-0.4, -0.2) is 52.4 Å². The van der Waals surface area contributed by atoms with Gasteiger partial charge in [0, 0.05) is 0 Å². The summed E-state index contributed by atoms with van der Waals surface area (Å²) in [5.74, 6) is -0.112. The Labute approximate surface area is 203 Å². The van der Waals surface area contributed by atoms with Crippen LogP contribution in [0.5, 0.6) is 17.2 Å². The normalized spacial score (nSPS) is 10.6. The molecule has 1 aromatic heterocycles. The highest BCUT2D eigenvalue weighted by molar-refractivity contribution is 7.15. The van der Waals surface area contributed by atoms with Gasteiger partial charge in [-0.25, -0.2) is 4.79 Å². The highest BCUT2D eigenvalue weighted by atomic mass is 32.1. The zero-order valence-electron chi connectivity index (χ0n) is 20.3. The summed E-state index contributed by atoms with van der Waals surface area (Å²) in [4.78, 5) is 37.2. The summed E-state index contributed by atoms with van der Waals surface area (Å²) < 4.78 is 26.1. The second kappa shape index (κ2) is 12.8. The minimum atomic E-state index is -0.610. The van der Waals surface area contributed by atoms with Crippen molar-refractivity contribution in [2.24, 2.45) is 5.92 Å². The van der Waals surface area contributed by atoms with Crippen LogP contribution < -0.4 is 19.5 Å². The molecule has 0 saturated carbocycles. The van der Waals surface area contributed by atoms with Gasteiger partial charge in [0.2, 0.25) is 5.75 Å². The lowest BCUT2D eigenvalue weighted by molar-refractivity contribution is -0.146. The zero-order valence-corrected chi connectivity index (χ0v) is 21.1. The molecule has 1 aromatic carbocycles. The minimum absolute atomic E-state index is 0.102. The van der Waals surface area contributed by atoms with Crippen molar-refractivity contribution in [2.45, 2.75) is 33.6 Å². The molecule has 1 N–H and O–H groups in total. The fourth-order valence-corrected chi connectivity index (χ4v) is 4.25. The van der Waals surface area contributed by atoms with E-state index in [4.69, 9.17) is 23.7 Å². The fraction of sp³-hybridized carbons (Fsp3) is 0.458. The average molecular weight is 494 g/mol. The number of carbonyl (C=O) groups is 3. The number of carbonyl (C=O) groups excluding carboxylic acids is 3. The molecule has 0 aliphatic heterocycles. The van der Waals surface area contributed by atoms with Crippen LogP contribution in [0.15, 0.2) is 17.5 Å². The van der Waals surface area contributed by atoms with Crippen LogP contribution in [0.2, 0.25) is 0 Å². The lowest BCUT2D eigenvalue weighted by Crippen LogP contribution is -2.22. The average Bonchev–Trinajstić information content (AvgIpc) is 3.18. The van der Waals surface area contributed by atoms with E-state index in [9.17, 15) is 14.4 Å². The molecule has 0 unspecified atom stereocenters. The Bertz CT molecular complexity index is 989. The Morgan fingerprint density at radius 2 is 1.65 bits per heavy atom. The molecule has 186 valence electrons. The van der Waals surface area contributed by atoms with Gasteiger partial charge < -0.3 is 29.0 Å². The number of methoxy groups -OCH3 is 3. The van der Waals surface area contributed by atoms with Crippen LogP contribution in [0, 0.1) is 5.92 Å². The number of thiophene rings is 1. The first-order chi connectivity index (χ1) is 16.2. The second-order valence-electron chi connectivity index (χ2n) is 7.70. The van der Waals surface area contributed by atoms with Gasteiger partial charge in [0.25, 0.3) is 5.91 Å². The summed E-state index contributed by atoms with van der Waals surface area (Å²) >= 11 is 1.24. The number of amides is 1. The minimum Gasteiger partial charge on any atom is -0.493 e. The van der Waals surface area contributed by atoms with Gasteiger partial charge >= 0.3 is 11.9 Å². The third kappa shape index (κ3) is 7.11. The highest BCUT2D eigenvalue weighted by Crippen LogP contribution is 2.38. The predicted octanol–water partition coefficient (Wildman–Crippen LogP) is 3.87. The molecule has 0 radical (unpaired) electrons. The summed E-state index contributed by atoms with van der Waals surface area (Å²) in [7, 11) is 4.44. The van der Waals surface area contributed by atoms with E-state index in [1.54, 1.807) is 19.1 Å². The molecule has 1 amide bonds. The van der Waals surface area contributed by atoms with Crippen molar-refractivity contribution >= 4 is 34.2 Å². The van der Waals surface area contributed by atoms with Crippen LogP contribution in [0.4, 0.5) is 5.00 Å². The lowest BCUT2D eigenvalue weighted by Gasteiger charge is -2.14. The molecule has 9 nitrogen and oxygen atoms in total. The van der Waals surface area contributed by atoms with Crippen LogP contribution in [-0.2, 0) is 31.9 Å². The molecule has 0 aliphatic rings. The van der Waals surface area contributed by atoms with E-state index in [-0.39, 0.29) is 13.0 Å². The first kappa shape index (κ1) is 27.0. The maximum atomic E-state index is 12.4. The van der Waals surface area contributed by atoms with Crippen LogP contribution in [0.25, 0.3) is 0 Å². The topological polar surface area (TPSA) is 109 Å². The van der Waals surface area contributed by atoms with Gasteiger partial charge in [-0.05, 0) is 47.9 Å². The molecule has 1 heterocycles. The first-order valence-corrected chi connectivity index (χ1v) is 11.6. The van der Waals surface area contributed by atoms with Crippen molar-refractivity contribution in [3.05, 3.63) is 34.2 Å². The lowest BCUT2D eigenvalue weighted by atomic mass is 10.0. The van der Waals surface area contributed by atoms with Crippen molar-refractivity contribution in [2.75, 3.05) is 39.9 Å². The van der Waals surface area contributed by atoms with Crippen molar-refractivity contribution < 1.29 is 38.1 Å². The maximum absolute atomic E-state index is 12.4. The zero-order chi connectivity index (χ0) is 25.3. The Morgan fingerprint density at radius 3 is 2.18 bits per heavy atom. The van der Waals surface area contributed by atoms with Gasteiger partial charge in [-0.3, -0.25) is 9.59 Å². The molecule has 0 aliphatic carbocycles. The van der Waals surface area contributed by atoms with E-state index < -0.39 is 24.5 Å². The summed E-state index contributed by atoms with van der Waals surface area (Å²) in [6, 6.07) is 3.27. The first-order valence-electron chi connectivity index (χ1n) is 10.8. The Kier molecular flexibility index (Phi) is 10.2. The Morgan fingerprint density at radius 1 is 1.00 bits per heavy atom. The number of anilines is 1. The summed E-state index contributed by atoms with van der Waals surface area (Å²) in [5.41, 5.74) is 1.73. The van der Waals surface area contributed by atoms with E-state index in [2.05, 4.69) is 5.32 Å². The van der Waals surface area contributed by atoms with Crippen molar-refractivity contribution in [1.29, 1.82) is 0 Å². The predicted molar refractivity (Wildman–Crippen MR) is 128 cm³/mol. The Balaban J connectivity index is 2.04. The molecular weight excluding hydrogens is 462 g/mol. The molecule has 0 fully saturated rings. The van der Waals surface area contributed by atoms with E-state index in [0.29, 0.717) is 45.7 Å². The van der Waals surface area contributed by atoms with E-state index in [0.717, 1.165) is 5.56 Å². The van der Waals surface area contributed by atoms with Crippen LogP contribution in [0.3, 0.4) is 0 Å². The summed E-state index contributed by atoms with van der Waals surface area (Å²) in [6.45, 7) is 5.53. The molecule has 0 atom stereocenters. The monoisotopic (exact) mass is 493 g/mol. The number of ether oxygens (including phenoxy) is 5. The molecule has 0 bridgehead atoms. The summed E-state index contributed by atoms with van der Waals surface area (Å²) in [5, 5.41) is 4.87. The second-order valence-corrected chi connectivity index (χ2v) is 8.58. The van der Waals surface area contributed by atoms with Gasteiger partial charge in [0.1, 0.15) is 5.00 Å². The quantitative estimate of drug-likeness (QED) is 0.444. The molecule has 2 aromatic rings. The van der Waals surface area contributed by atoms with E-state index in [1.807, 2.05) is 19.2 Å². The highest BCUT2D eigenvalue weighted by Gasteiger charge is 2.23. The molecule has 2 rings (SSSR count). The largest absolute Gasteiger partial charge is 0.493 e. The van der Waals surface area contributed by atoms with E-state index in [1.165, 1.54) is 32.7 Å². The third-order valence-corrected chi connectivity index (χ3v) is 5.61. The number of esters is 2. The fourth-order valence-electron chi connectivity index (χ4n) is 3.27. The van der Waals surface area contributed by atoms with Gasteiger partial charge in [0.15, 0.2) is 18.1 Å². The van der Waals surface area contributed by atoms with Crippen molar-refractivity contribution in [3.8, 4) is 17.2 Å². The van der Waals surface area contributed by atoms with Crippen molar-refractivity contribution in [1.82, 2.24) is 0 Å². The molecular formula is C24H31NO8S. The van der Waals surface area contributed by atoms with E-state index >= 15 is 0 Å². The number of benzene rings is 1. The van der Waals surface area contributed by atoms with Crippen LogP contribution >= 0.6 is 11.3 Å². The third-order valence-electron chi connectivity index (χ3n) is 4.67. The molecule has 0 saturated heterocycles. The number of hydrogen-bond acceptors (Lipinski definition) is 9. The summed E-state index contributed by atoms with van der Waals surface area (Å²) in [6.07, 6.45) is 0.569. The van der Waals surface area contributed by atoms with Crippen molar-refractivity contribution in [3.63, 3.8) is 0 Å². The molecule has 34 heavy (non-hydrogen) atoms. The van der Waals surface area contributed by atoms with Gasteiger partial charge in [-0.1, -0.05) is 13.8 Å². The van der Waals surface area contributed by atoms with Gasteiger partial charge in [-0.15, -0.1) is 11.3 Å². The maximum Gasteiger partial charge on any atom is 0.341 e.